The molecule has 0 spiro atoms. The van der Waals surface area contributed by atoms with Crippen molar-refractivity contribution in [3.8, 4) is 0 Å². The third-order valence-electron chi connectivity index (χ3n) is 3.72. The molecule has 1 aliphatic rings. The van der Waals surface area contributed by atoms with E-state index in [0.29, 0.717) is 16.7 Å². The maximum atomic E-state index is 11.8. The maximum absolute atomic E-state index is 11.8. The summed E-state index contributed by atoms with van der Waals surface area (Å²) in [5.74, 6) is -0.355. The summed E-state index contributed by atoms with van der Waals surface area (Å²) in [6.45, 7) is 2.91. The number of hydrogen-bond acceptors (Lipinski definition) is 4. The van der Waals surface area contributed by atoms with Crippen LogP contribution in [0.4, 0.5) is 5.69 Å². The lowest BCUT2D eigenvalue weighted by Crippen LogP contribution is -2.34. The minimum Gasteiger partial charge on any atom is -0.465 e. The first-order valence-electron chi connectivity index (χ1n) is 7.40. The number of ether oxygens (including phenoxy) is 2. The largest absolute Gasteiger partial charge is 0.465 e. The quantitative estimate of drug-likeness (QED) is 0.838. The van der Waals surface area contributed by atoms with Crippen LogP contribution in [0.15, 0.2) is 18.2 Å². The van der Waals surface area contributed by atoms with E-state index in [9.17, 15) is 4.79 Å². The number of rotatable bonds is 5. The predicted molar refractivity (Wildman–Crippen MR) is 84.1 cm³/mol. The van der Waals surface area contributed by atoms with E-state index in [2.05, 4.69) is 12.2 Å². The Kier molecular flexibility index (Phi) is 5.88. The van der Waals surface area contributed by atoms with Crippen molar-refractivity contribution >= 4 is 23.3 Å². The lowest BCUT2D eigenvalue weighted by molar-refractivity contribution is 0.00597. The first kappa shape index (κ1) is 16.1. The second kappa shape index (κ2) is 7.66. The minimum atomic E-state index is -0.355. The Hall–Kier alpha value is -1.26. The van der Waals surface area contributed by atoms with Crippen LogP contribution in [0.5, 0.6) is 0 Å². The molecule has 4 nitrogen and oxygen atoms in total. The molecule has 2 rings (SSSR count). The van der Waals surface area contributed by atoms with Gasteiger partial charge in [-0.1, -0.05) is 24.9 Å². The smallest absolute Gasteiger partial charge is 0.339 e. The molecule has 0 saturated carbocycles. The average Bonchev–Trinajstić information content (AvgIpc) is 2.47. The molecule has 1 heterocycles. The summed E-state index contributed by atoms with van der Waals surface area (Å²) in [5, 5.41) is 4.03. The normalized spacial score (nSPS) is 21.9. The summed E-state index contributed by atoms with van der Waals surface area (Å²) in [5.41, 5.74) is 1.25. The van der Waals surface area contributed by atoms with Crippen LogP contribution in [0, 0.1) is 0 Å². The Labute approximate surface area is 130 Å². The van der Waals surface area contributed by atoms with E-state index in [1.165, 1.54) is 7.11 Å². The van der Waals surface area contributed by atoms with Crippen LogP contribution >= 0.6 is 11.6 Å². The molecule has 0 radical (unpaired) electrons. The molecule has 5 heteroatoms. The Bertz CT molecular complexity index is 490. The van der Waals surface area contributed by atoms with Crippen LogP contribution in [0.3, 0.4) is 0 Å². The summed E-state index contributed by atoms with van der Waals surface area (Å²) in [4.78, 5) is 11.8. The number of carbonyl (C=O) groups excluding carboxylic acids is 1. The molecule has 0 aromatic heterocycles. The van der Waals surface area contributed by atoms with Crippen LogP contribution in [0.1, 0.15) is 43.0 Å². The van der Waals surface area contributed by atoms with Crippen LogP contribution < -0.4 is 5.32 Å². The third-order valence-corrected chi connectivity index (χ3v) is 3.96. The van der Waals surface area contributed by atoms with E-state index in [1.807, 2.05) is 0 Å². The molecule has 116 valence electrons. The van der Waals surface area contributed by atoms with E-state index < -0.39 is 0 Å². The highest BCUT2D eigenvalue weighted by atomic mass is 35.5. The Morgan fingerprint density at radius 3 is 3.05 bits per heavy atom. The van der Waals surface area contributed by atoms with Crippen molar-refractivity contribution < 1.29 is 14.3 Å². The van der Waals surface area contributed by atoms with Gasteiger partial charge in [-0.25, -0.2) is 4.79 Å². The van der Waals surface area contributed by atoms with Crippen molar-refractivity contribution in [1.29, 1.82) is 0 Å². The highest BCUT2D eigenvalue weighted by Crippen LogP contribution is 2.26. The summed E-state index contributed by atoms with van der Waals surface area (Å²) in [7, 11) is 1.38. The molecule has 0 aliphatic carbocycles. The van der Waals surface area contributed by atoms with Crippen molar-refractivity contribution in [2.45, 2.75) is 44.8 Å². The van der Waals surface area contributed by atoms with Crippen molar-refractivity contribution in [2.24, 2.45) is 0 Å². The first-order valence-corrected chi connectivity index (χ1v) is 7.77. The predicted octanol–water partition coefficient (Wildman–Crippen LogP) is 3.89. The lowest BCUT2D eigenvalue weighted by atomic mass is 9.99. The van der Waals surface area contributed by atoms with Crippen molar-refractivity contribution in [2.75, 3.05) is 19.0 Å². The fraction of sp³-hybridized carbons (Fsp3) is 0.562. The van der Waals surface area contributed by atoms with E-state index in [4.69, 9.17) is 21.1 Å². The van der Waals surface area contributed by atoms with E-state index in [0.717, 1.165) is 38.0 Å². The molecule has 1 aromatic rings. The number of anilines is 1. The lowest BCUT2D eigenvalue weighted by Gasteiger charge is -2.31. The van der Waals surface area contributed by atoms with Crippen LogP contribution in [0.2, 0.25) is 5.02 Å². The second-order valence-corrected chi connectivity index (χ2v) is 5.77. The fourth-order valence-electron chi connectivity index (χ4n) is 2.68. The number of methoxy groups -OCH3 is 1. The second-order valence-electron chi connectivity index (χ2n) is 5.33. The Morgan fingerprint density at radius 2 is 2.33 bits per heavy atom. The van der Waals surface area contributed by atoms with Crippen molar-refractivity contribution in [1.82, 2.24) is 0 Å². The van der Waals surface area contributed by atoms with Crippen LogP contribution in [0.25, 0.3) is 0 Å². The fourth-order valence-corrected chi connectivity index (χ4v) is 2.85. The standard InChI is InChI=1S/C16H22ClNO3/c1-3-4-13-10-12(7-8-21-13)18-15-9-11(17)5-6-14(15)16(19)20-2/h5-6,9,12-13,18H,3-4,7-8,10H2,1-2H3. The first-order chi connectivity index (χ1) is 10.1. The van der Waals surface area contributed by atoms with E-state index in [1.54, 1.807) is 18.2 Å². The van der Waals surface area contributed by atoms with Gasteiger partial charge < -0.3 is 14.8 Å². The van der Waals surface area contributed by atoms with Crippen LogP contribution in [-0.4, -0.2) is 31.8 Å². The zero-order valence-corrected chi connectivity index (χ0v) is 13.3. The van der Waals surface area contributed by atoms with E-state index >= 15 is 0 Å². The average molecular weight is 312 g/mol. The summed E-state index contributed by atoms with van der Waals surface area (Å²) in [6.07, 6.45) is 4.34. The highest BCUT2D eigenvalue weighted by molar-refractivity contribution is 6.31. The van der Waals surface area contributed by atoms with Crippen molar-refractivity contribution in [3.05, 3.63) is 28.8 Å². The molecule has 0 bridgehead atoms. The monoisotopic (exact) mass is 311 g/mol. The van der Waals surface area contributed by atoms with Gasteiger partial charge in [0.05, 0.1) is 24.5 Å². The molecule has 2 unspecified atom stereocenters. The van der Waals surface area contributed by atoms with Gasteiger partial charge in [-0.2, -0.15) is 0 Å². The van der Waals surface area contributed by atoms with Gasteiger partial charge in [0, 0.05) is 17.7 Å². The van der Waals surface area contributed by atoms with Gasteiger partial charge in [-0.05, 0) is 37.5 Å². The molecule has 1 N–H and O–H groups in total. The molecule has 2 atom stereocenters. The zero-order valence-electron chi connectivity index (χ0n) is 12.5. The molecular weight excluding hydrogens is 290 g/mol. The SMILES string of the molecule is CCCC1CC(Nc2cc(Cl)ccc2C(=O)OC)CCO1. The molecule has 1 fully saturated rings. The summed E-state index contributed by atoms with van der Waals surface area (Å²) in [6, 6.07) is 5.46. The third kappa shape index (κ3) is 4.35. The molecule has 1 saturated heterocycles. The number of halogens is 1. The van der Waals surface area contributed by atoms with Crippen LogP contribution in [-0.2, 0) is 9.47 Å². The minimum absolute atomic E-state index is 0.289. The van der Waals surface area contributed by atoms with Crippen molar-refractivity contribution in [3.63, 3.8) is 0 Å². The summed E-state index contributed by atoms with van der Waals surface area (Å²) >= 11 is 6.04. The topological polar surface area (TPSA) is 47.6 Å². The Morgan fingerprint density at radius 1 is 1.52 bits per heavy atom. The molecule has 21 heavy (non-hydrogen) atoms. The number of esters is 1. The van der Waals surface area contributed by atoms with Gasteiger partial charge in [0.25, 0.3) is 0 Å². The number of nitrogens with one attached hydrogen (secondary N) is 1. The van der Waals surface area contributed by atoms with Gasteiger partial charge in [-0.15, -0.1) is 0 Å². The zero-order chi connectivity index (χ0) is 15.2. The van der Waals surface area contributed by atoms with Gasteiger partial charge in [0.1, 0.15) is 0 Å². The summed E-state index contributed by atoms with van der Waals surface area (Å²) < 4.78 is 10.6. The number of benzene rings is 1. The molecule has 1 aliphatic heterocycles. The highest BCUT2D eigenvalue weighted by Gasteiger charge is 2.23. The number of hydrogen-bond donors (Lipinski definition) is 1. The molecule has 1 aromatic carbocycles. The molecular formula is C16H22ClNO3. The van der Waals surface area contributed by atoms with Gasteiger partial charge in [0.2, 0.25) is 0 Å². The van der Waals surface area contributed by atoms with Gasteiger partial charge in [0.15, 0.2) is 0 Å². The molecule has 0 amide bonds. The Balaban J connectivity index is 2.11. The number of carbonyl (C=O) groups is 1. The maximum Gasteiger partial charge on any atom is 0.339 e. The van der Waals surface area contributed by atoms with Gasteiger partial charge >= 0.3 is 5.97 Å². The van der Waals surface area contributed by atoms with Gasteiger partial charge in [-0.3, -0.25) is 0 Å². The van der Waals surface area contributed by atoms with E-state index in [-0.39, 0.29) is 12.0 Å².